The zero-order valence-electron chi connectivity index (χ0n) is 11.5. The van der Waals surface area contributed by atoms with Crippen molar-refractivity contribution in [3.8, 4) is 0 Å². The molecule has 0 fully saturated rings. The highest BCUT2D eigenvalue weighted by Crippen LogP contribution is 2.34. The molecule has 4 heteroatoms. The molecule has 0 saturated carbocycles. The number of thioether (sulfide) groups is 1. The van der Waals surface area contributed by atoms with E-state index in [0.717, 1.165) is 30.8 Å². The molecule has 1 amide bonds. The van der Waals surface area contributed by atoms with E-state index in [1.54, 1.807) is 0 Å². The number of carbonyl (C=O) groups is 1. The molecule has 104 valence electrons. The third kappa shape index (κ3) is 3.74. The van der Waals surface area contributed by atoms with E-state index in [1.165, 1.54) is 4.90 Å². The van der Waals surface area contributed by atoms with Crippen LogP contribution in [0, 0.1) is 5.92 Å². The molecule has 0 aliphatic carbocycles. The van der Waals surface area contributed by atoms with Gasteiger partial charge in [0.15, 0.2) is 0 Å². The van der Waals surface area contributed by atoms with E-state index in [0.29, 0.717) is 18.9 Å². The molecule has 1 aromatic rings. The van der Waals surface area contributed by atoms with Gasteiger partial charge in [0.1, 0.15) is 0 Å². The fourth-order valence-electron chi connectivity index (χ4n) is 2.36. The monoisotopic (exact) mass is 278 g/mol. The molecule has 3 nitrogen and oxygen atoms in total. The molecule has 2 N–H and O–H groups in total. The minimum atomic E-state index is 0.247. The summed E-state index contributed by atoms with van der Waals surface area (Å²) in [7, 11) is 0. The number of nitrogens with two attached hydrogens (primary N) is 1. The molecule has 1 aliphatic rings. The summed E-state index contributed by atoms with van der Waals surface area (Å²) in [6.45, 7) is 3.70. The average Bonchev–Trinajstić information content (AvgIpc) is 2.44. The molecule has 0 aromatic heterocycles. The van der Waals surface area contributed by atoms with Crippen molar-refractivity contribution in [3.63, 3.8) is 0 Å². The Morgan fingerprint density at radius 2 is 2.21 bits per heavy atom. The summed E-state index contributed by atoms with van der Waals surface area (Å²) >= 11 is 1.83. The van der Waals surface area contributed by atoms with Gasteiger partial charge in [0.05, 0.1) is 5.69 Å². The second-order valence-electron chi connectivity index (χ2n) is 5.08. The van der Waals surface area contributed by atoms with Crippen LogP contribution in [0.2, 0.25) is 0 Å². The largest absolute Gasteiger partial charge is 0.330 e. The quantitative estimate of drug-likeness (QED) is 0.901. The van der Waals surface area contributed by atoms with Gasteiger partial charge in [0.2, 0.25) is 5.91 Å². The lowest BCUT2D eigenvalue weighted by molar-refractivity contribution is -0.118. The van der Waals surface area contributed by atoms with Gasteiger partial charge in [-0.3, -0.25) is 4.79 Å². The Bertz CT molecular complexity index is 436. The molecular formula is C15H22N2OS. The first-order valence-corrected chi connectivity index (χ1v) is 7.93. The third-order valence-electron chi connectivity index (χ3n) is 3.54. The SMILES string of the molecule is CC(CCN)CCC(=O)N1CCSc2ccccc21. The molecule has 0 saturated heterocycles. The van der Waals surface area contributed by atoms with Crippen molar-refractivity contribution < 1.29 is 4.79 Å². The van der Waals surface area contributed by atoms with Crippen molar-refractivity contribution in [2.24, 2.45) is 11.7 Å². The zero-order valence-corrected chi connectivity index (χ0v) is 12.3. The first kappa shape index (κ1) is 14.4. The summed E-state index contributed by atoms with van der Waals surface area (Å²) in [5, 5.41) is 0. The Hall–Kier alpha value is -1.00. The van der Waals surface area contributed by atoms with Crippen LogP contribution in [0.3, 0.4) is 0 Å². The molecule has 2 rings (SSSR count). The number of fused-ring (bicyclic) bond motifs is 1. The van der Waals surface area contributed by atoms with Gasteiger partial charge in [-0.25, -0.2) is 0 Å². The molecule has 1 aliphatic heterocycles. The van der Waals surface area contributed by atoms with Gasteiger partial charge in [-0.1, -0.05) is 19.1 Å². The molecule has 1 heterocycles. The Labute approximate surface area is 119 Å². The molecule has 1 aromatic carbocycles. The van der Waals surface area contributed by atoms with E-state index in [2.05, 4.69) is 13.0 Å². The smallest absolute Gasteiger partial charge is 0.227 e. The number of para-hydroxylation sites is 1. The van der Waals surface area contributed by atoms with Crippen molar-refractivity contribution in [1.82, 2.24) is 0 Å². The predicted molar refractivity (Wildman–Crippen MR) is 81.6 cm³/mol. The number of amides is 1. The first-order chi connectivity index (χ1) is 9.22. The van der Waals surface area contributed by atoms with Gasteiger partial charge < -0.3 is 10.6 Å². The lowest BCUT2D eigenvalue weighted by Gasteiger charge is -2.29. The number of hydrogen-bond donors (Lipinski definition) is 1. The lowest BCUT2D eigenvalue weighted by Crippen LogP contribution is -2.35. The number of nitrogens with zero attached hydrogens (tertiary/aromatic N) is 1. The Balaban J connectivity index is 1.97. The van der Waals surface area contributed by atoms with Crippen LogP contribution in [0.25, 0.3) is 0 Å². The minimum absolute atomic E-state index is 0.247. The standard InChI is InChI=1S/C15H22N2OS/c1-12(8-9-16)6-7-15(18)17-10-11-19-14-5-3-2-4-13(14)17/h2-5,12H,6-11,16H2,1H3. The minimum Gasteiger partial charge on any atom is -0.330 e. The normalized spacial score (nSPS) is 16.0. The van der Waals surface area contributed by atoms with Crippen LogP contribution in [0.4, 0.5) is 5.69 Å². The van der Waals surface area contributed by atoms with Crippen LogP contribution in [0.1, 0.15) is 26.2 Å². The van der Waals surface area contributed by atoms with Crippen LogP contribution in [0.15, 0.2) is 29.2 Å². The maximum atomic E-state index is 12.4. The van der Waals surface area contributed by atoms with Crippen LogP contribution in [-0.2, 0) is 4.79 Å². The molecule has 19 heavy (non-hydrogen) atoms. The number of anilines is 1. The van der Waals surface area contributed by atoms with Gasteiger partial charge in [-0.05, 0) is 37.4 Å². The first-order valence-electron chi connectivity index (χ1n) is 6.94. The van der Waals surface area contributed by atoms with Crippen molar-refractivity contribution in [3.05, 3.63) is 24.3 Å². The summed E-state index contributed by atoms with van der Waals surface area (Å²) in [5.74, 6) is 1.76. The van der Waals surface area contributed by atoms with E-state index < -0.39 is 0 Å². The Kier molecular flexibility index (Phi) is 5.28. The lowest BCUT2D eigenvalue weighted by atomic mass is 10.0. The number of benzene rings is 1. The van der Waals surface area contributed by atoms with Gasteiger partial charge in [0.25, 0.3) is 0 Å². The molecule has 0 radical (unpaired) electrons. The second kappa shape index (κ2) is 6.96. The highest BCUT2D eigenvalue weighted by Gasteiger charge is 2.22. The number of carbonyl (C=O) groups excluding carboxylic acids is 1. The summed E-state index contributed by atoms with van der Waals surface area (Å²) in [4.78, 5) is 15.5. The molecule has 0 bridgehead atoms. The maximum absolute atomic E-state index is 12.4. The second-order valence-corrected chi connectivity index (χ2v) is 6.22. The fraction of sp³-hybridized carbons (Fsp3) is 0.533. The van der Waals surface area contributed by atoms with E-state index in [9.17, 15) is 4.79 Å². The third-order valence-corrected chi connectivity index (χ3v) is 4.58. The number of rotatable bonds is 5. The predicted octanol–water partition coefficient (Wildman–Crippen LogP) is 2.89. The summed E-state index contributed by atoms with van der Waals surface area (Å²) in [6.07, 6.45) is 2.56. The molecule has 1 atom stereocenters. The summed E-state index contributed by atoms with van der Waals surface area (Å²) < 4.78 is 0. The Morgan fingerprint density at radius 1 is 1.42 bits per heavy atom. The van der Waals surface area contributed by atoms with Gasteiger partial charge >= 0.3 is 0 Å². The fourth-order valence-corrected chi connectivity index (χ4v) is 3.36. The van der Waals surface area contributed by atoms with Crippen LogP contribution in [0.5, 0.6) is 0 Å². The van der Waals surface area contributed by atoms with Crippen LogP contribution in [-0.4, -0.2) is 24.7 Å². The molecular weight excluding hydrogens is 256 g/mol. The topological polar surface area (TPSA) is 46.3 Å². The van der Waals surface area contributed by atoms with Crippen molar-refractivity contribution in [2.75, 3.05) is 23.7 Å². The van der Waals surface area contributed by atoms with Gasteiger partial charge in [0, 0.05) is 23.6 Å². The molecule has 1 unspecified atom stereocenters. The van der Waals surface area contributed by atoms with Gasteiger partial charge in [-0.2, -0.15) is 0 Å². The van der Waals surface area contributed by atoms with Gasteiger partial charge in [-0.15, -0.1) is 11.8 Å². The van der Waals surface area contributed by atoms with E-state index in [4.69, 9.17) is 5.73 Å². The van der Waals surface area contributed by atoms with Crippen molar-refractivity contribution in [1.29, 1.82) is 0 Å². The summed E-state index contributed by atoms with van der Waals surface area (Å²) in [5.41, 5.74) is 6.62. The van der Waals surface area contributed by atoms with E-state index in [-0.39, 0.29) is 5.91 Å². The highest BCUT2D eigenvalue weighted by atomic mass is 32.2. The Morgan fingerprint density at radius 3 is 3.00 bits per heavy atom. The molecule has 0 spiro atoms. The van der Waals surface area contributed by atoms with E-state index in [1.807, 2.05) is 34.9 Å². The highest BCUT2D eigenvalue weighted by molar-refractivity contribution is 7.99. The zero-order chi connectivity index (χ0) is 13.7. The maximum Gasteiger partial charge on any atom is 0.227 e. The van der Waals surface area contributed by atoms with Crippen LogP contribution < -0.4 is 10.6 Å². The van der Waals surface area contributed by atoms with Crippen molar-refractivity contribution in [2.45, 2.75) is 31.1 Å². The number of hydrogen-bond acceptors (Lipinski definition) is 3. The average molecular weight is 278 g/mol. The van der Waals surface area contributed by atoms with E-state index >= 15 is 0 Å². The van der Waals surface area contributed by atoms with Crippen LogP contribution >= 0.6 is 11.8 Å². The summed E-state index contributed by atoms with van der Waals surface area (Å²) in [6, 6.07) is 8.17. The van der Waals surface area contributed by atoms with Crippen molar-refractivity contribution >= 4 is 23.4 Å².